The van der Waals surface area contributed by atoms with Gasteiger partial charge in [0, 0.05) is 12.1 Å². The van der Waals surface area contributed by atoms with Gasteiger partial charge >= 0.3 is 0 Å². The molecule has 90 valence electrons. The van der Waals surface area contributed by atoms with Gasteiger partial charge in [0.2, 0.25) is 0 Å². The number of rotatable bonds is 2. The molecular formula is C13H11ClN4. The topological polar surface area (TPSA) is 34.0 Å². The van der Waals surface area contributed by atoms with Gasteiger partial charge in [0.1, 0.15) is 11.0 Å². The largest absolute Gasteiger partial charge is 0.267 e. The van der Waals surface area contributed by atoms with Gasteiger partial charge in [0.15, 0.2) is 0 Å². The molecule has 0 N–H and O–H groups in total. The molecule has 1 aromatic heterocycles. The second-order valence-corrected chi connectivity index (χ2v) is 4.40. The minimum absolute atomic E-state index is 0.718. The van der Waals surface area contributed by atoms with E-state index in [9.17, 15) is 0 Å². The fourth-order valence-corrected chi connectivity index (χ4v) is 1.97. The number of hydrogen-bond donors (Lipinski definition) is 0. The first kappa shape index (κ1) is 11.0. The van der Waals surface area contributed by atoms with E-state index in [1.165, 1.54) is 0 Å². The molecule has 1 heterocycles. The van der Waals surface area contributed by atoms with Crippen molar-refractivity contribution in [1.29, 1.82) is 0 Å². The number of hydrogen-bond acceptors (Lipinski definition) is 3. The van der Waals surface area contributed by atoms with E-state index < -0.39 is 0 Å². The fourth-order valence-electron chi connectivity index (χ4n) is 1.84. The molecule has 0 fully saturated rings. The number of fused-ring (bicyclic) bond motifs is 1. The summed E-state index contributed by atoms with van der Waals surface area (Å²) in [5, 5.41) is 10.9. The Labute approximate surface area is 109 Å². The van der Waals surface area contributed by atoms with Crippen LogP contribution in [0.15, 0.2) is 48.5 Å². The summed E-state index contributed by atoms with van der Waals surface area (Å²) in [6, 6.07) is 15.4. The van der Waals surface area contributed by atoms with Crippen molar-refractivity contribution < 1.29 is 0 Å². The number of aromatic nitrogens is 3. The van der Waals surface area contributed by atoms with Gasteiger partial charge < -0.3 is 0 Å². The van der Waals surface area contributed by atoms with Gasteiger partial charge in [-0.2, -0.15) is 4.79 Å². The molecule has 3 rings (SSSR count). The van der Waals surface area contributed by atoms with E-state index in [4.69, 9.17) is 11.6 Å². The minimum Gasteiger partial charge on any atom is -0.267 e. The summed E-state index contributed by atoms with van der Waals surface area (Å²) in [6.07, 6.45) is 0. The lowest BCUT2D eigenvalue weighted by Crippen LogP contribution is -2.25. The Kier molecular flexibility index (Phi) is 2.64. The lowest BCUT2D eigenvalue weighted by molar-refractivity contribution is 0.657. The Balaban J connectivity index is 2.06. The molecule has 0 bridgehead atoms. The smallest absolute Gasteiger partial charge is 0.115 e. The lowest BCUT2D eigenvalue weighted by atomic mass is 10.3. The quantitative estimate of drug-likeness (QED) is 0.709. The van der Waals surface area contributed by atoms with E-state index in [2.05, 4.69) is 10.3 Å². The first-order chi connectivity index (χ1) is 8.75. The summed E-state index contributed by atoms with van der Waals surface area (Å²) in [5.74, 6) is 0. The maximum atomic E-state index is 5.88. The van der Waals surface area contributed by atoms with Gasteiger partial charge in [0.05, 0.1) is 5.69 Å². The van der Waals surface area contributed by atoms with E-state index in [0.717, 1.165) is 21.7 Å². The normalized spacial score (nSPS) is 10.8. The molecule has 0 aliphatic heterocycles. The van der Waals surface area contributed by atoms with E-state index in [1.54, 1.807) is 4.79 Å². The van der Waals surface area contributed by atoms with Gasteiger partial charge in [-0.1, -0.05) is 23.7 Å². The molecule has 5 heteroatoms. The van der Waals surface area contributed by atoms with E-state index >= 15 is 0 Å². The summed E-state index contributed by atoms with van der Waals surface area (Å²) in [4.78, 5) is 1.76. The third kappa shape index (κ3) is 1.80. The zero-order chi connectivity index (χ0) is 12.5. The van der Waals surface area contributed by atoms with Crippen molar-refractivity contribution in [2.24, 2.45) is 0 Å². The van der Waals surface area contributed by atoms with Crippen molar-refractivity contribution in [3.8, 4) is 0 Å². The summed E-state index contributed by atoms with van der Waals surface area (Å²) < 4.78 is 0. The second-order valence-electron chi connectivity index (χ2n) is 3.97. The molecule has 0 unspecified atom stereocenters. The average molecular weight is 259 g/mol. The van der Waals surface area contributed by atoms with E-state index in [0.29, 0.717) is 0 Å². The molecule has 18 heavy (non-hydrogen) atoms. The number of halogens is 1. The SMILES string of the molecule is CN(c1ccc(Cl)cc1)n1nnc2ccccc21. The third-order valence-electron chi connectivity index (χ3n) is 2.82. The van der Waals surface area contributed by atoms with Crippen molar-refractivity contribution in [2.45, 2.75) is 0 Å². The summed E-state index contributed by atoms with van der Waals surface area (Å²) in [6.45, 7) is 0. The molecule has 4 nitrogen and oxygen atoms in total. The van der Waals surface area contributed by atoms with Crippen molar-refractivity contribution in [3.63, 3.8) is 0 Å². The van der Waals surface area contributed by atoms with Gasteiger partial charge in [-0.05, 0) is 41.6 Å². The second kappa shape index (κ2) is 4.31. The number of benzene rings is 2. The van der Waals surface area contributed by atoms with Crippen LogP contribution in [0.25, 0.3) is 11.0 Å². The van der Waals surface area contributed by atoms with E-state index in [-0.39, 0.29) is 0 Å². The summed E-state index contributed by atoms with van der Waals surface area (Å²) >= 11 is 5.88. The minimum atomic E-state index is 0.718. The predicted molar refractivity (Wildman–Crippen MR) is 72.8 cm³/mol. The van der Waals surface area contributed by atoms with Crippen LogP contribution in [-0.2, 0) is 0 Å². The van der Waals surface area contributed by atoms with Crippen LogP contribution < -0.4 is 5.01 Å². The monoisotopic (exact) mass is 258 g/mol. The van der Waals surface area contributed by atoms with E-state index in [1.807, 2.05) is 60.6 Å². The number of para-hydroxylation sites is 1. The number of anilines is 1. The number of nitrogens with zero attached hydrogens (tertiary/aromatic N) is 4. The van der Waals surface area contributed by atoms with Crippen LogP contribution in [-0.4, -0.2) is 22.2 Å². The van der Waals surface area contributed by atoms with Crippen molar-refractivity contribution in [2.75, 3.05) is 12.1 Å². The molecule has 0 radical (unpaired) electrons. The molecule has 0 saturated carbocycles. The van der Waals surface area contributed by atoms with Crippen molar-refractivity contribution in [3.05, 3.63) is 53.6 Å². The standard InChI is InChI=1S/C13H11ClN4/c1-17(11-8-6-10(14)7-9-11)18-13-5-3-2-4-12(13)15-16-18/h2-9H,1H3. The zero-order valence-corrected chi connectivity index (χ0v) is 10.5. The van der Waals surface area contributed by atoms with Crippen LogP contribution in [0.4, 0.5) is 5.69 Å². The maximum absolute atomic E-state index is 5.88. The lowest BCUT2D eigenvalue weighted by Gasteiger charge is -2.19. The highest BCUT2D eigenvalue weighted by atomic mass is 35.5. The molecule has 3 aromatic rings. The van der Waals surface area contributed by atoms with Gasteiger partial charge in [0.25, 0.3) is 0 Å². The Morgan fingerprint density at radius 2 is 1.78 bits per heavy atom. The Hall–Kier alpha value is -2.07. The van der Waals surface area contributed by atoms with Gasteiger partial charge in [-0.25, -0.2) is 0 Å². The molecule has 0 spiro atoms. The Bertz CT molecular complexity index is 675. The molecule has 0 aliphatic rings. The summed E-state index contributed by atoms with van der Waals surface area (Å²) in [5.41, 5.74) is 2.84. The van der Waals surface area contributed by atoms with Crippen LogP contribution in [0.1, 0.15) is 0 Å². The first-order valence-electron chi connectivity index (χ1n) is 5.56. The first-order valence-corrected chi connectivity index (χ1v) is 5.93. The highest BCUT2D eigenvalue weighted by Crippen LogP contribution is 2.19. The Morgan fingerprint density at radius 3 is 2.56 bits per heavy atom. The molecule has 0 saturated heterocycles. The third-order valence-corrected chi connectivity index (χ3v) is 3.07. The zero-order valence-electron chi connectivity index (χ0n) is 9.79. The molecular weight excluding hydrogens is 248 g/mol. The fraction of sp³-hybridized carbons (Fsp3) is 0.0769. The van der Waals surface area contributed by atoms with Crippen LogP contribution in [0.2, 0.25) is 5.02 Å². The van der Waals surface area contributed by atoms with Crippen LogP contribution >= 0.6 is 11.6 Å². The van der Waals surface area contributed by atoms with Gasteiger partial charge in [-0.15, -0.1) is 5.10 Å². The van der Waals surface area contributed by atoms with Crippen molar-refractivity contribution >= 4 is 28.3 Å². The van der Waals surface area contributed by atoms with Crippen LogP contribution in [0, 0.1) is 0 Å². The molecule has 2 aromatic carbocycles. The molecule has 0 atom stereocenters. The summed E-state index contributed by atoms with van der Waals surface area (Å²) in [7, 11) is 1.93. The van der Waals surface area contributed by atoms with Crippen LogP contribution in [0.5, 0.6) is 0 Å². The van der Waals surface area contributed by atoms with Crippen LogP contribution in [0.3, 0.4) is 0 Å². The Morgan fingerprint density at radius 1 is 1.06 bits per heavy atom. The van der Waals surface area contributed by atoms with Crippen molar-refractivity contribution in [1.82, 2.24) is 15.1 Å². The molecule has 0 amide bonds. The highest BCUT2D eigenvalue weighted by Gasteiger charge is 2.08. The maximum Gasteiger partial charge on any atom is 0.115 e. The van der Waals surface area contributed by atoms with Gasteiger partial charge in [-0.3, -0.25) is 5.01 Å². The highest BCUT2D eigenvalue weighted by molar-refractivity contribution is 6.30. The average Bonchev–Trinajstić information content (AvgIpc) is 2.82. The predicted octanol–water partition coefficient (Wildman–Crippen LogP) is 2.98. The molecule has 0 aliphatic carbocycles.